The van der Waals surface area contributed by atoms with Crippen LogP contribution in [0.4, 0.5) is 0 Å². The van der Waals surface area contributed by atoms with Gasteiger partial charge in [-0.2, -0.15) is 0 Å². The summed E-state index contributed by atoms with van der Waals surface area (Å²) < 4.78 is 4.25. The summed E-state index contributed by atoms with van der Waals surface area (Å²) in [5, 5.41) is 9.04. The van der Waals surface area contributed by atoms with Gasteiger partial charge in [-0.05, 0) is 23.8 Å². The van der Waals surface area contributed by atoms with Gasteiger partial charge in [0.25, 0.3) is 5.70 Å². The predicted molar refractivity (Wildman–Crippen MR) is 57.6 cm³/mol. The van der Waals surface area contributed by atoms with Gasteiger partial charge in [0.15, 0.2) is 0 Å². The van der Waals surface area contributed by atoms with Crippen LogP contribution in [0.5, 0.6) is 5.75 Å². The second-order valence-electron chi connectivity index (χ2n) is 2.74. The van der Waals surface area contributed by atoms with E-state index in [1.807, 2.05) is 0 Å². The molecule has 4 heteroatoms. The molecule has 0 aliphatic heterocycles. The summed E-state index contributed by atoms with van der Waals surface area (Å²) in [7, 11) is 0. The SMILES string of the molecule is [C-]#[N+]C(=Cc1ccc(O)cc1)C(=O)OC#C. The quantitative estimate of drug-likeness (QED) is 0.352. The first-order chi connectivity index (χ1) is 7.67. The van der Waals surface area contributed by atoms with Crippen molar-refractivity contribution in [2.75, 3.05) is 0 Å². The molecule has 0 aromatic heterocycles. The van der Waals surface area contributed by atoms with E-state index >= 15 is 0 Å². The normalized spacial score (nSPS) is 10.0. The van der Waals surface area contributed by atoms with Crippen molar-refractivity contribution in [2.24, 2.45) is 0 Å². The molecule has 0 unspecified atom stereocenters. The van der Waals surface area contributed by atoms with E-state index in [0.717, 1.165) is 0 Å². The molecule has 1 aromatic carbocycles. The minimum Gasteiger partial charge on any atom is -0.508 e. The molecule has 0 amide bonds. The molecule has 0 radical (unpaired) electrons. The molecule has 0 fully saturated rings. The first kappa shape index (κ1) is 11.4. The monoisotopic (exact) mass is 213 g/mol. The summed E-state index contributed by atoms with van der Waals surface area (Å²) in [4.78, 5) is 14.2. The van der Waals surface area contributed by atoms with Crippen LogP contribution in [0.1, 0.15) is 5.56 Å². The van der Waals surface area contributed by atoms with Gasteiger partial charge in [-0.15, -0.1) is 0 Å². The molecule has 0 saturated carbocycles. The fourth-order valence-electron chi connectivity index (χ4n) is 0.971. The Bertz CT molecular complexity index is 501. The van der Waals surface area contributed by atoms with Gasteiger partial charge in [-0.25, -0.2) is 4.85 Å². The van der Waals surface area contributed by atoms with Crippen molar-refractivity contribution in [3.8, 4) is 18.3 Å². The lowest BCUT2D eigenvalue weighted by molar-refractivity contribution is -0.132. The number of carbonyl (C=O) groups excluding carboxylic acids is 1. The number of nitrogens with zero attached hydrogens (tertiary/aromatic N) is 1. The zero-order valence-electron chi connectivity index (χ0n) is 8.18. The molecule has 0 aliphatic carbocycles. The van der Waals surface area contributed by atoms with E-state index in [4.69, 9.17) is 18.1 Å². The minimum absolute atomic E-state index is 0.104. The lowest BCUT2D eigenvalue weighted by Gasteiger charge is -1.96. The molecule has 16 heavy (non-hydrogen) atoms. The summed E-state index contributed by atoms with van der Waals surface area (Å²) in [6.45, 7) is 6.80. The number of carbonyl (C=O) groups is 1. The van der Waals surface area contributed by atoms with Crippen LogP contribution in [0, 0.1) is 19.1 Å². The molecular weight excluding hydrogens is 206 g/mol. The number of phenols is 1. The topological polar surface area (TPSA) is 50.9 Å². The van der Waals surface area contributed by atoms with Crippen molar-refractivity contribution in [2.45, 2.75) is 0 Å². The molecule has 0 bridgehead atoms. The van der Waals surface area contributed by atoms with Crippen molar-refractivity contribution in [1.82, 2.24) is 0 Å². The van der Waals surface area contributed by atoms with E-state index in [9.17, 15) is 4.79 Å². The highest BCUT2D eigenvalue weighted by Gasteiger charge is 2.10. The molecular formula is C12H7NO3. The Morgan fingerprint density at radius 2 is 2.12 bits per heavy atom. The van der Waals surface area contributed by atoms with Crippen molar-refractivity contribution < 1.29 is 14.6 Å². The number of hydrogen-bond acceptors (Lipinski definition) is 3. The zero-order chi connectivity index (χ0) is 12.0. The van der Waals surface area contributed by atoms with Gasteiger partial charge in [0.05, 0.1) is 6.57 Å². The molecule has 0 heterocycles. The number of rotatable bonds is 2. The molecule has 0 aliphatic rings. The predicted octanol–water partition coefficient (Wildman–Crippen LogP) is 1.79. The van der Waals surface area contributed by atoms with E-state index < -0.39 is 5.97 Å². The molecule has 0 spiro atoms. The maximum atomic E-state index is 11.1. The third-order valence-electron chi connectivity index (χ3n) is 1.68. The number of aromatic hydroxyl groups is 1. The van der Waals surface area contributed by atoms with Crippen LogP contribution < -0.4 is 0 Å². The average molecular weight is 213 g/mol. The van der Waals surface area contributed by atoms with Crippen LogP contribution in [0.2, 0.25) is 0 Å². The van der Waals surface area contributed by atoms with Gasteiger partial charge in [0.2, 0.25) is 0 Å². The number of ether oxygens (including phenoxy) is 1. The number of phenolic OH excluding ortho intramolecular Hbond substituents is 1. The van der Waals surface area contributed by atoms with Crippen molar-refractivity contribution in [1.29, 1.82) is 0 Å². The van der Waals surface area contributed by atoms with Crippen molar-refractivity contribution in [3.05, 3.63) is 46.9 Å². The van der Waals surface area contributed by atoms with E-state index in [1.165, 1.54) is 18.2 Å². The third-order valence-corrected chi connectivity index (χ3v) is 1.68. The zero-order valence-corrected chi connectivity index (χ0v) is 8.18. The first-order valence-electron chi connectivity index (χ1n) is 4.22. The summed E-state index contributed by atoms with van der Waals surface area (Å²) in [6, 6.07) is 6.01. The van der Waals surface area contributed by atoms with E-state index in [0.29, 0.717) is 5.56 Å². The highest BCUT2D eigenvalue weighted by Crippen LogP contribution is 2.13. The molecule has 0 saturated heterocycles. The molecule has 1 rings (SSSR count). The molecule has 1 aromatic rings. The second-order valence-corrected chi connectivity index (χ2v) is 2.74. The Labute approximate surface area is 92.6 Å². The Balaban J connectivity index is 2.98. The Hall–Kier alpha value is -2.72. The van der Waals surface area contributed by atoms with Crippen LogP contribution in [0.25, 0.3) is 10.9 Å². The van der Waals surface area contributed by atoms with E-state index in [2.05, 4.69) is 9.58 Å². The second kappa shape index (κ2) is 5.23. The smallest absolute Gasteiger partial charge is 0.350 e. The van der Waals surface area contributed by atoms with Crippen LogP contribution in [0.15, 0.2) is 30.0 Å². The van der Waals surface area contributed by atoms with E-state index in [-0.39, 0.29) is 11.4 Å². The van der Waals surface area contributed by atoms with Crippen molar-refractivity contribution >= 4 is 12.0 Å². The van der Waals surface area contributed by atoms with Crippen LogP contribution >= 0.6 is 0 Å². The molecule has 1 N–H and O–H groups in total. The summed E-state index contributed by atoms with van der Waals surface area (Å²) in [5.41, 5.74) is 0.376. The van der Waals surface area contributed by atoms with Crippen LogP contribution in [-0.2, 0) is 9.53 Å². The maximum absolute atomic E-state index is 11.1. The largest absolute Gasteiger partial charge is 0.508 e. The highest BCUT2D eigenvalue weighted by molar-refractivity contribution is 5.96. The standard InChI is InChI=1S/C12H7NO3/c1-3-16-12(15)11(13-2)8-9-4-6-10(14)7-5-9/h1,4-8,14H. The number of terminal acetylenes is 1. The van der Waals surface area contributed by atoms with Crippen LogP contribution in [0.3, 0.4) is 0 Å². The van der Waals surface area contributed by atoms with E-state index in [1.54, 1.807) is 18.2 Å². The number of benzene rings is 1. The average Bonchev–Trinajstić information content (AvgIpc) is 2.28. The maximum Gasteiger partial charge on any atom is 0.350 e. The molecule has 78 valence electrons. The lowest BCUT2D eigenvalue weighted by atomic mass is 10.2. The van der Waals surface area contributed by atoms with Crippen molar-refractivity contribution in [3.63, 3.8) is 0 Å². The number of hydrogen-bond donors (Lipinski definition) is 1. The number of esters is 1. The lowest BCUT2D eigenvalue weighted by Crippen LogP contribution is -2.00. The van der Waals surface area contributed by atoms with Gasteiger partial charge in [-0.3, -0.25) is 4.79 Å². The Morgan fingerprint density at radius 3 is 2.62 bits per heavy atom. The highest BCUT2D eigenvalue weighted by atomic mass is 16.5. The van der Waals surface area contributed by atoms with Gasteiger partial charge in [0.1, 0.15) is 11.9 Å². The Morgan fingerprint density at radius 1 is 1.50 bits per heavy atom. The van der Waals surface area contributed by atoms with Crippen LogP contribution in [-0.4, -0.2) is 11.1 Å². The van der Waals surface area contributed by atoms with Gasteiger partial charge in [-0.1, -0.05) is 18.6 Å². The third kappa shape index (κ3) is 2.90. The Kier molecular flexibility index (Phi) is 3.71. The first-order valence-corrected chi connectivity index (χ1v) is 4.22. The van der Waals surface area contributed by atoms with Gasteiger partial charge < -0.3 is 9.84 Å². The summed E-state index contributed by atoms with van der Waals surface area (Å²) in [5.74, 6) is -0.765. The molecule has 4 nitrogen and oxygen atoms in total. The van der Waals surface area contributed by atoms with Gasteiger partial charge >= 0.3 is 5.97 Å². The summed E-state index contributed by atoms with van der Waals surface area (Å²) >= 11 is 0. The minimum atomic E-state index is -0.870. The molecule has 0 atom stereocenters. The fraction of sp³-hybridized carbons (Fsp3) is 0. The summed E-state index contributed by atoms with van der Waals surface area (Å²) in [6.07, 6.45) is 7.81. The van der Waals surface area contributed by atoms with Gasteiger partial charge in [0, 0.05) is 0 Å². The fourth-order valence-corrected chi connectivity index (χ4v) is 0.971.